The molecule has 4 nitrogen and oxygen atoms in total. The summed E-state index contributed by atoms with van der Waals surface area (Å²) in [5.41, 5.74) is 1.58. The highest BCUT2D eigenvalue weighted by atomic mass is 16.3. The van der Waals surface area contributed by atoms with Gasteiger partial charge in [0, 0.05) is 25.5 Å². The molecule has 2 heterocycles. The van der Waals surface area contributed by atoms with Crippen molar-refractivity contribution >= 4 is 5.91 Å². The quantitative estimate of drug-likeness (QED) is 0.767. The van der Waals surface area contributed by atoms with Gasteiger partial charge in [0.1, 0.15) is 0 Å². The van der Waals surface area contributed by atoms with Gasteiger partial charge in [-0.25, -0.2) is 0 Å². The summed E-state index contributed by atoms with van der Waals surface area (Å²) in [4.78, 5) is 17.8. The van der Waals surface area contributed by atoms with Gasteiger partial charge < -0.3 is 10.0 Å². The van der Waals surface area contributed by atoms with Crippen molar-refractivity contribution in [3.05, 3.63) is 29.6 Å². The summed E-state index contributed by atoms with van der Waals surface area (Å²) < 4.78 is 0. The van der Waals surface area contributed by atoms with Crippen LogP contribution in [0.25, 0.3) is 0 Å². The Morgan fingerprint density at radius 3 is 3.06 bits per heavy atom. The van der Waals surface area contributed by atoms with Crippen molar-refractivity contribution in [3.8, 4) is 0 Å². The molecule has 0 spiro atoms. The van der Waals surface area contributed by atoms with Crippen LogP contribution >= 0.6 is 0 Å². The standard InChI is InChI=1S/C12H16N2O2/c1-9-5-10(7-13-6-9)12(16)14-4-2-3-11(15)8-14/h5-7,11,15H,2-4,8H2,1H3. The van der Waals surface area contributed by atoms with Crippen LogP contribution in [-0.2, 0) is 0 Å². The van der Waals surface area contributed by atoms with E-state index in [9.17, 15) is 9.90 Å². The fourth-order valence-electron chi connectivity index (χ4n) is 1.99. The number of aliphatic hydroxyl groups excluding tert-OH is 1. The predicted molar refractivity (Wildman–Crippen MR) is 60.1 cm³/mol. The molecule has 1 aliphatic rings. The fourth-order valence-corrected chi connectivity index (χ4v) is 1.99. The molecule has 0 saturated carbocycles. The maximum atomic E-state index is 12.1. The van der Waals surface area contributed by atoms with E-state index in [0.717, 1.165) is 24.9 Å². The summed E-state index contributed by atoms with van der Waals surface area (Å²) in [5.74, 6) is -0.0325. The SMILES string of the molecule is Cc1cncc(C(=O)N2CCCC(O)C2)c1. The van der Waals surface area contributed by atoms with E-state index >= 15 is 0 Å². The van der Waals surface area contributed by atoms with Crippen molar-refractivity contribution in [3.63, 3.8) is 0 Å². The highest BCUT2D eigenvalue weighted by molar-refractivity contribution is 5.94. The van der Waals surface area contributed by atoms with E-state index in [1.165, 1.54) is 0 Å². The van der Waals surface area contributed by atoms with Crippen LogP contribution in [0.2, 0.25) is 0 Å². The van der Waals surface area contributed by atoms with Crippen molar-refractivity contribution in [1.82, 2.24) is 9.88 Å². The first-order chi connectivity index (χ1) is 7.66. The second-order valence-electron chi connectivity index (χ2n) is 4.30. The number of hydrogen-bond acceptors (Lipinski definition) is 3. The average molecular weight is 220 g/mol. The number of carbonyl (C=O) groups is 1. The van der Waals surface area contributed by atoms with E-state index in [-0.39, 0.29) is 12.0 Å². The highest BCUT2D eigenvalue weighted by Gasteiger charge is 2.23. The van der Waals surface area contributed by atoms with E-state index < -0.39 is 0 Å². The molecule has 1 aliphatic heterocycles. The minimum absolute atomic E-state index is 0.0325. The first-order valence-electron chi connectivity index (χ1n) is 5.56. The zero-order valence-corrected chi connectivity index (χ0v) is 9.39. The summed E-state index contributed by atoms with van der Waals surface area (Å²) in [6, 6.07) is 1.83. The molecule has 1 aromatic rings. The Kier molecular flexibility index (Phi) is 3.19. The molecule has 1 saturated heterocycles. The maximum Gasteiger partial charge on any atom is 0.255 e. The van der Waals surface area contributed by atoms with Crippen molar-refractivity contribution in [2.24, 2.45) is 0 Å². The van der Waals surface area contributed by atoms with Gasteiger partial charge in [-0.2, -0.15) is 0 Å². The third-order valence-electron chi connectivity index (χ3n) is 2.81. The molecule has 0 bridgehead atoms. The number of nitrogens with zero attached hydrogens (tertiary/aromatic N) is 2. The molecule has 16 heavy (non-hydrogen) atoms. The first kappa shape index (κ1) is 11.1. The molecule has 2 rings (SSSR count). The van der Waals surface area contributed by atoms with E-state index in [1.807, 2.05) is 13.0 Å². The number of aliphatic hydroxyl groups is 1. The van der Waals surface area contributed by atoms with Crippen molar-refractivity contribution < 1.29 is 9.90 Å². The molecule has 1 aromatic heterocycles. The third-order valence-corrected chi connectivity index (χ3v) is 2.81. The minimum Gasteiger partial charge on any atom is -0.391 e. The molecule has 0 aromatic carbocycles. The van der Waals surface area contributed by atoms with Gasteiger partial charge in [0.15, 0.2) is 0 Å². The van der Waals surface area contributed by atoms with Crippen LogP contribution in [0.15, 0.2) is 18.5 Å². The largest absolute Gasteiger partial charge is 0.391 e. The number of aryl methyl sites for hydroxylation is 1. The molecule has 0 aliphatic carbocycles. The summed E-state index contributed by atoms with van der Waals surface area (Å²) in [6.45, 7) is 3.07. The van der Waals surface area contributed by atoms with Crippen LogP contribution < -0.4 is 0 Å². The number of amides is 1. The van der Waals surface area contributed by atoms with Crippen molar-refractivity contribution in [2.45, 2.75) is 25.9 Å². The van der Waals surface area contributed by atoms with Gasteiger partial charge in [-0.1, -0.05) is 0 Å². The Balaban J connectivity index is 2.12. The van der Waals surface area contributed by atoms with Crippen LogP contribution in [0.1, 0.15) is 28.8 Å². The molecule has 1 amide bonds. The lowest BCUT2D eigenvalue weighted by Gasteiger charge is -2.30. The summed E-state index contributed by atoms with van der Waals surface area (Å²) in [7, 11) is 0. The zero-order chi connectivity index (χ0) is 11.5. The van der Waals surface area contributed by atoms with Gasteiger partial charge in [0.25, 0.3) is 5.91 Å². The first-order valence-corrected chi connectivity index (χ1v) is 5.56. The van der Waals surface area contributed by atoms with Crippen LogP contribution in [0.5, 0.6) is 0 Å². The lowest BCUT2D eigenvalue weighted by molar-refractivity contribution is 0.0473. The van der Waals surface area contributed by atoms with E-state index in [0.29, 0.717) is 12.1 Å². The number of aromatic nitrogens is 1. The van der Waals surface area contributed by atoms with Crippen molar-refractivity contribution in [2.75, 3.05) is 13.1 Å². The Hall–Kier alpha value is -1.42. The lowest BCUT2D eigenvalue weighted by atomic mass is 10.1. The second-order valence-corrected chi connectivity index (χ2v) is 4.30. The molecule has 0 radical (unpaired) electrons. The fraction of sp³-hybridized carbons (Fsp3) is 0.500. The Morgan fingerprint density at radius 1 is 1.56 bits per heavy atom. The summed E-state index contributed by atoms with van der Waals surface area (Å²) >= 11 is 0. The topological polar surface area (TPSA) is 53.4 Å². The maximum absolute atomic E-state index is 12.1. The zero-order valence-electron chi connectivity index (χ0n) is 9.39. The van der Waals surface area contributed by atoms with E-state index in [1.54, 1.807) is 17.3 Å². The second kappa shape index (κ2) is 4.61. The van der Waals surface area contributed by atoms with Gasteiger partial charge in [0.2, 0.25) is 0 Å². The Bertz CT molecular complexity index is 392. The molecular weight excluding hydrogens is 204 g/mol. The Morgan fingerprint density at radius 2 is 2.38 bits per heavy atom. The minimum atomic E-state index is -0.379. The molecule has 1 fully saturated rings. The van der Waals surface area contributed by atoms with Gasteiger partial charge >= 0.3 is 0 Å². The van der Waals surface area contributed by atoms with Gasteiger partial charge in [-0.15, -0.1) is 0 Å². The van der Waals surface area contributed by atoms with Crippen LogP contribution in [0, 0.1) is 6.92 Å². The van der Waals surface area contributed by atoms with Crippen LogP contribution in [-0.4, -0.2) is 40.1 Å². The van der Waals surface area contributed by atoms with Gasteiger partial charge in [-0.3, -0.25) is 9.78 Å². The van der Waals surface area contributed by atoms with Crippen LogP contribution in [0.4, 0.5) is 0 Å². The number of carbonyl (C=O) groups excluding carboxylic acids is 1. The van der Waals surface area contributed by atoms with E-state index in [2.05, 4.69) is 4.98 Å². The smallest absolute Gasteiger partial charge is 0.255 e. The summed E-state index contributed by atoms with van der Waals surface area (Å²) in [5, 5.41) is 9.52. The molecule has 1 atom stereocenters. The number of likely N-dealkylation sites (tertiary alicyclic amines) is 1. The molecule has 4 heteroatoms. The highest BCUT2D eigenvalue weighted by Crippen LogP contribution is 2.13. The lowest BCUT2D eigenvalue weighted by Crippen LogP contribution is -2.42. The number of piperidine rings is 1. The average Bonchev–Trinajstić information content (AvgIpc) is 2.28. The van der Waals surface area contributed by atoms with Gasteiger partial charge in [-0.05, 0) is 31.4 Å². The molecular formula is C12H16N2O2. The third kappa shape index (κ3) is 2.39. The normalized spacial score (nSPS) is 20.9. The van der Waals surface area contributed by atoms with Crippen LogP contribution in [0.3, 0.4) is 0 Å². The number of β-amino-alcohol motifs (C(OH)–C–C–N with tert-alkyl or cyclic N) is 1. The van der Waals surface area contributed by atoms with E-state index in [4.69, 9.17) is 0 Å². The van der Waals surface area contributed by atoms with Gasteiger partial charge in [0.05, 0.1) is 11.7 Å². The number of pyridine rings is 1. The summed E-state index contributed by atoms with van der Waals surface area (Å²) in [6.07, 6.45) is 4.58. The molecule has 86 valence electrons. The Labute approximate surface area is 94.9 Å². The monoisotopic (exact) mass is 220 g/mol. The predicted octanol–water partition coefficient (Wildman–Crippen LogP) is 0.987. The molecule has 1 N–H and O–H groups in total. The molecule has 1 unspecified atom stereocenters. The number of rotatable bonds is 1. The number of hydrogen-bond donors (Lipinski definition) is 1. The van der Waals surface area contributed by atoms with Crippen molar-refractivity contribution in [1.29, 1.82) is 0 Å².